The SMILES string of the molecule is N/C(=C\C=C(/N)N1CCN(CCO)CC1)c1ccc(-n2cccn2)cc1O. The van der Waals surface area contributed by atoms with Crippen molar-refractivity contribution in [3.63, 3.8) is 0 Å². The summed E-state index contributed by atoms with van der Waals surface area (Å²) in [5, 5.41) is 23.4. The van der Waals surface area contributed by atoms with Crippen LogP contribution in [0.2, 0.25) is 0 Å². The number of aliphatic hydroxyl groups is 1. The fourth-order valence-corrected chi connectivity index (χ4v) is 3.07. The van der Waals surface area contributed by atoms with Crippen molar-refractivity contribution in [2.75, 3.05) is 39.3 Å². The number of phenols is 1. The van der Waals surface area contributed by atoms with E-state index in [0.29, 0.717) is 23.6 Å². The fraction of sp³-hybridized carbons (Fsp3) is 0.316. The zero-order valence-electron chi connectivity index (χ0n) is 15.2. The topological polar surface area (TPSA) is 117 Å². The first-order valence-electron chi connectivity index (χ1n) is 8.93. The molecule has 0 unspecified atom stereocenters. The Balaban J connectivity index is 1.67. The highest BCUT2D eigenvalue weighted by Crippen LogP contribution is 2.25. The van der Waals surface area contributed by atoms with Crippen LogP contribution in [0.15, 0.2) is 54.6 Å². The molecule has 1 aliphatic heterocycles. The average Bonchev–Trinajstić information content (AvgIpc) is 3.21. The van der Waals surface area contributed by atoms with Crippen LogP contribution in [0.5, 0.6) is 5.75 Å². The number of aliphatic hydroxyl groups excluding tert-OH is 1. The average molecular weight is 370 g/mol. The number of benzene rings is 1. The molecule has 0 bridgehead atoms. The Morgan fingerprint density at radius 1 is 1.15 bits per heavy atom. The van der Waals surface area contributed by atoms with Gasteiger partial charge in [-0.1, -0.05) is 0 Å². The number of allylic oxidation sites excluding steroid dienone is 2. The first-order valence-corrected chi connectivity index (χ1v) is 8.93. The molecule has 8 nitrogen and oxygen atoms in total. The molecule has 2 heterocycles. The molecule has 1 fully saturated rings. The van der Waals surface area contributed by atoms with E-state index in [1.165, 1.54) is 0 Å². The highest BCUT2D eigenvalue weighted by molar-refractivity contribution is 5.70. The van der Waals surface area contributed by atoms with Crippen LogP contribution < -0.4 is 11.5 Å². The summed E-state index contributed by atoms with van der Waals surface area (Å²) in [7, 11) is 0. The smallest absolute Gasteiger partial charge is 0.127 e. The van der Waals surface area contributed by atoms with Gasteiger partial charge in [-0.3, -0.25) is 4.90 Å². The minimum absolute atomic E-state index is 0.0846. The third-order valence-electron chi connectivity index (χ3n) is 4.65. The number of hydrogen-bond donors (Lipinski definition) is 4. The molecule has 0 aliphatic carbocycles. The quantitative estimate of drug-likeness (QED) is 0.540. The molecule has 1 aromatic carbocycles. The predicted molar refractivity (Wildman–Crippen MR) is 105 cm³/mol. The van der Waals surface area contributed by atoms with E-state index in [1.807, 2.05) is 12.1 Å². The molecule has 2 aromatic rings. The molecule has 1 aliphatic rings. The first-order chi connectivity index (χ1) is 13.1. The minimum Gasteiger partial charge on any atom is -0.507 e. The molecule has 144 valence electrons. The van der Waals surface area contributed by atoms with E-state index in [0.717, 1.165) is 31.9 Å². The maximum Gasteiger partial charge on any atom is 0.127 e. The van der Waals surface area contributed by atoms with Crippen molar-refractivity contribution < 1.29 is 10.2 Å². The number of nitrogens with zero attached hydrogens (tertiary/aromatic N) is 4. The maximum absolute atomic E-state index is 10.3. The molecule has 1 aromatic heterocycles. The molecular formula is C19H26N6O2. The van der Waals surface area contributed by atoms with Crippen molar-refractivity contribution in [3.05, 3.63) is 60.2 Å². The van der Waals surface area contributed by atoms with Crippen LogP contribution in [-0.4, -0.2) is 69.1 Å². The molecule has 0 radical (unpaired) electrons. The molecule has 1 saturated heterocycles. The molecule has 8 heteroatoms. The maximum atomic E-state index is 10.3. The summed E-state index contributed by atoms with van der Waals surface area (Å²) in [6.07, 6.45) is 6.95. The lowest BCUT2D eigenvalue weighted by atomic mass is 10.1. The second-order valence-corrected chi connectivity index (χ2v) is 6.42. The number of hydrogen-bond acceptors (Lipinski definition) is 7. The van der Waals surface area contributed by atoms with E-state index >= 15 is 0 Å². The first kappa shape index (κ1) is 18.8. The predicted octanol–water partition coefficient (Wildman–Crippen LogP) is 0.288. The Hall–Kier alpha value is -2.97. The Bertz CT molecular complexity index is 808. The van der Waals surface area contributed by atoms with Crippen molar-refractivity contribution in [1.82, 2.24) is 19.6 Å². The van der Waals surface area contributed by atoms with Gasteiger partial charge >= 0.3 is 0 Å². The molecule has 0 saturated carbocycles. The van der Waals surface area contributed by atoms with Crippen LogP contribution in [0.1, 0.15) is 5.56 Å². The highest BCUT2D eigenvalue weighted by Gasteiger charge is 2.16. The van der Waals surface area contributed by atoms with Crippen LogP contribution in [0.3, 0.4) is 0 Å². The van der Waals surface area contributed by atoms with Crippen LogP contribution in [-0.2, 0) is 0 Å². The van der Waals surface area contributed by atoms with Gasteiger partial charge in [0.2, 0.25) is 0 Å². The van der Waals surface area contributed by atoms with Gasteiger partial charge in [0, 0.05) is 62.4 Å². The summed E-state index contributed by atoms with van der Waals surface area (Å²) in [6.45, 7) is 4.21. The number of aromatic hydroxyl groups is 1. The fourth-order valence-electron chi connectivity index (χ4n) is 3.07. The summed E-state index contributed by atoms with van der Waals surface area (Å²) in [4.78, 5) is 4.28. The van der Waals surface area contributed by atoms with Crippen molar-refractivity contribution in [3.8, 4) is 11.4 Å². The number of piperazine rings is 1. The number of nitrogens with two attached hydrogens (primary N) is 2. The molecule has 0 spiro atoms. The Labute approximate surface area is 158 Å². The second kappa shape index (κ2) is 8.61. The van der Waals surface area contributed by atoms with Crippen LogP contribution in [0.25, 0.3) is 11.4 Å². The Morgan fingerprint density at radius 3 is 2.56 bits per heavy atom. The van der Waals surface area contributed by atoms with E-state index in [-0.39, 0.29) is 12.4 Å². The van der Waals surface area contributed by atoms with Gasteiger partial charge in [-0.05, 0) is 30.4 Å². The lowest BCUT2D eigenvalue weighted by Gasteiger charge is -2.35. The van der Waals surface area contributed by atoms with Gasteiger partial charge in [-0.2, -0.15) is 5.10 Å². The lowest BCUT2D eigenvalue weighted by Crippen LogP contribution is -2.47. The van der Waals surface area contributed by atoms with Crippen LogP contribution >= 0.6 is 0 Å². The molecule has 0 atom stereocenters. The van der Waals surface area contributed by atoms with Crippen LogP contribution in [0.4, 0.5) is 0 Å². The third kappa shape index (κ3) is 4.60. The van der Waals surface area contributed by atoms with Crippen molar-refractivity contribution in [2.45, 2.75) is 0 Å². The molecule has 0 amide bonds. The summed E-state index contributed by atoms with van der Waals surface area (Å²) >= 11 is 0. The van der Waals surface area contributed by atoms with Crippen molar-refractivity contribution in [1.29, 1.82) is 0 Å². The van der Waals surface area contributed by atoms with E-state index in [4.69, 9.17) is 16.6 Å². The normalized spacial score (nSPS) is 16.7. The summed E-state index contributed by atoms with van der Waals surface area (Å²) in [5.41, 5.74) is 14.0. The van der Waals surface area contributed by atoms with Gasteiger partial charge in [-0.25, -0.2) is 4.68 Å². The zero-order chi connectivity index (χ0) is 19.2. The zero-order valence-corrected chi connectivity index (χ0v) is 15.2. The Kier molecular flexibility index (Phi) is 6.00. The van der Waals surface area contributed by atoms with E-state index in [2.05, 4.69) is 14.9 Å². The standard InChI is InChI=1S/C19H26N6O2/c20-17(4-5-19(21)24-10-8-23(9-11-24)12-13-26)16-3-2-15(14-18(16)27)25-7-1-6-22-25/h1-7,14,26-27H,8-13,20-21H2/b17-4-,19-5+. The summed E-state index contributed by atoms with van der Waals surface area (Å²) in [5.74, 6) is 0.718. The van der Waals surface area contributed by atoms with Gasteiger partial charge in [0.15, 0.2) is 0 Å². The number of aromatic nitrogens is 2. The number of rotatable bonds is 6. The number of phenolic OH excluding ortho intramolecular Hbond substituents is 1. The minimum atomic E-state index is 0.0846. The van der Waals surface area contributed by atoms with Crippen molar-refractivity contribution in [2.24, 2.45) is 11.5 Å². The Morgan fingerprint density at radius 2 is 1.93 bits per heavy atom. The van der Waals surface area contributed by atoms with Crippen LogP contribution in [0, 0.1) is 0 Å². The largest absolute Gasteiger partial charge is 0.507 e. The number of β-amino-alcohol motifs (C(OH)–C–C–N with tert-alkyl or cyclic N) is 1. The third-order valence-corrected chi connectivity index (χ3v) is 4.65. The summed E-state index contributed by atoms with van der Waals surface area (Å²) in [6, 6.07) is 7.04. The molecule has 3 rings (SSSR count). The van der Waals surface area contributed by atoms with E-state index < -0.39 is 0 Å². The highest BCUT2D eigenvalue weighted by atomic mass is 16.3. The monoisotopic (exact) mass is 370 g/mol. The second-order valence-electron chi connectivity index (χ2n) is 6.42. The van der Waals surface area contributed by atoms with Gasteiger partial charge in [0.25, 0.3) is 0 Å². The van der Waals surface area contributed by atoms with Gasteiger partial charge < -0.3 is 26.6 Å². The lowest BCUT2D eigenvalue weighted by molar-refractivity contribution is 0.131. The molecule has 27 heavy (non-hydrogen) atoms. The van der Waals surface area contributed by atoms with Gasteiger partial charge in [0.1, 0.15) is 5.75 Å². The van der Waals surface area contributed by atoms with Crippen molar-refractivity contribution >= 4 is 5.70 Å². The van der Waals surface area contributed by atoms with Gasteiger partial charge in [-0.15, -0.1) is 0 Å². The molecule has 6 N–H and O–H groups in total. The molecular weight excluding hydrogens is 344 g/mol. The van der Waals surface area contributed by atoms with E-state index in [9.17, 15) is 5.11 Å². The van der Waals surface area contributed by atoms with Gasteiger partial charge in [0.05, 0.1) is 18.1 Å². The van der Waals surface area contributed by atoms with E-state index in [1.54, 1.807) is 41.4 Å². The summed E-state index contributed by atoms with van der Waals surface area (Å²) < 4.78 is 1.66.